The Morgan fingerprint density at radius 2 is 2.40 bits per heavy atom. The second-order valence-electron chi connectivity index (χ2n) is 4.51. The summed E-state index contributed by atoms with van der Waals surface area (Å²) in [6.45, 7) is 5.02. The van der Waals surface area contributed by atoms with Gasteiger partial charge in [-0.1, -0.05) is 13.3 Å². The van der Waals surface area contributed by atoms with Gasteiger partial charge in [0.1, 0.15) is 0 Å². The lowest BCUT2D eigenvalue weighted by molar-refractivity contribution is -0.122. The molecule has 0 saturated carbocycles. The fourth-order valence-electron chi connectivity index (χ4n) is 1.82. The molecule has 0 aromatic heterocycles. The maximum atomic E-state index is 11.6. The largest absolute Gasteiger partial charge is 0.353 e. The van der Waals surface area contributed by atoms with Gasteiger partial charge in [-0.3, -0.25) is 4.79 Å². The normalized spacial score (nSPS) is 27.7. The van der Waals surface area contributed by atoms with Crippen molar-refractivity contribution in [3.05, 3.63) is 0 Å². The Kier molecular flexibility index (Phi) is 4.93. The molecule has 0 radical (unpaired) electrons. The Morgan fingerprint density at radius 3 is 2.93 bits per heavy atom. The summed E-state index contributed by atoms with van der Waals surface area (Å²) in [6, 6.07) is -0.329. The summed E-state index contributed by atoms with van der Waals surface area (Å²) in [7, 11) is 0. The second-order valence-corrected chi connectivity index (χ2v) is 6.20. The number of nitrogens with one attached hydrogen (secondary N) is 1. The molecule has 1 unspecified atom stereocenters. The molecule has 4 heteroatoms. The number of amides is 1. The zero-order valence-electron chi connectivity index (χ0n) is 9.71. The quantitative estimate of drug-likeness (QED) is 0.753. The van der Waals surface area contributed by atoms with Gasteiger partial charge in [0, 0.05) is 11.3 Å². The smallest absolute Gasteiger partial charge is 0.236 e. The van der Waals surface area contributed by atoms with E-state index < -0.39 is 0 Å². The van der Waals surface area contributed by atoms with Gasteiger partial charge >= 0.3 is 0 Å². The van der Waals surface area contributed by atoms with Gasteiger partial charge in [0.05, 0.1) is 6.04 Å². The van der Waals surface area contributed by atoms with Crippen molar-refractivity contribution in [1.82, 2.24) is 5.32 Å². The van der Waals surface area contributed by atoms with E-state index in [1.54, 1.807) is 0 Å². The molecule has 0 spiro atoms. The van der Waals surface area contributed by atoms with Crippen molar-refractivity contribution in [2.45, 2.75) is 50.3 Å². The van der Waals surface area contributed by atoms with Crippen LogP contribution in [0.3, 0.4) is 0 Å². The maximum Gasteiger partial charge on any atom is 0.236 e. The molecule has 1 amide bonds. The van der Waals surface area contributed by atoms with Crippen molar-refractivity contribution in [2.75, 3.05) is 12.3 Å². The number of carbonyl (C=O) groups excluding carboxylic acids is 1. The Hall–Kier alpha value is -0.220. The monoisotopic (exact) mass is 230 g/mol. The third-order valence-electron chi connectivity index (χ3n) is 2.87. The Labute approximate surface area is 96.6 Å². The van der Waals surface area contributed by atoms with Crippen LogP contribution in [0.1, 0.15) is 39.5 Å². The molecule has 0 aliphatic carbocycles. The van der Waals surface area contributed by atoms with E-state index in [-0.39, 0.29) is 16.7 Å². The third-order valence-corrected chi connectivity index (χ3v) is 4.41. The van der Waals surface area contributed by atoms with Crippen LogP contribution >= 0.6 is 11.8 Å². The highest BCUT2D eigenvalue weighted by molar-refractivity contribution is 8.00. The lowest BCUT2D eigenvalue weighted by atomic mass is 10.1. The minimum atomic E-state index is -0.329. The Balaban J connectivity index is 2.26. The maximum absolute atomic E-state index is 11.6. The molecule has 2 atom stereocenters. The highest BCUT2D eigenvalue weighted by Crippen LogP contribution is 2.36. The summed E-state index contributed by atoms with van der Waals surface area (Å²) < 4.78 is 0.238. The van der Waals surface area contributed by atoms with Gasteiger partial charge in [-0.15, -0.1) is 0 Å². The number of nitrogens with two attached hydrogens (primary N) is 1. The molecule has 0 bridgehead atoms. The van der Waals surface area contributed by atoms with Crippen molar-refractivity contribution >= 4 is 17.7 Å². The highest BCUT2D eigenvalue weighted by atomic mass is 32.2. The molecular formula is C11H22N2OS. The van der Waals surface area contributed by atoms with Gasteiger partial charge in [0.2, 0.25) is 5.91 Å². The van der Waals surface area contributed by atoms with Gasteiger partial charge in [0.15, 0.2) is 0 Å². The number of hydrogen-bond acceptors (Lipinski definition) is 3. The lowest BCUT2D eigenvalue weighted by Gasteiger charge is -2.23. The Morgan fingerprint density at radius 1 is 1.67 bits per heavy atom. The summed E-state index contributed by atoms with van der Waals surface area (Å²) in [5, 5.41) is 2.96. The number of rotatable bonds is 5. The van der Waals surface area contributed by atoms with Crippen LogP contribution in [0, 0.1) is 0 Å². The van der Waals surface area contributed by atoms with E-state index in [9.17, 15) is 4.79 Å². The number of hydrogen-bond donors (Lipinski definition) is 2. The van der Waals surface area contributed by atoms with Crippen LogP contribution in [0.15, 0.2) is 0 Å². The molecule has 1 fully saturated rings. The fraction of sp³-hybridized carbons (Fsp3) is 0.909. The molecule has 15 heavy (non-hydrogen) atoms. The molecule has 1 heterocycles. The first-order chi connectivity index (χ1) is 7.07. The zero-order chi connectivity index (χ0) is 11.3. The summed E-state index contributed by atoms with van der Waals surface area (Å²) in [6.07, 6.45) is 4.19. The first kappa shape index (κ1) is 12.8. The molecule has 0 aromatic rings. The van der Waals surface area contributed by atoms with Crippen LogP contribution in [0.4, 0.5) is 0 Å². The van der Waals surface area contributed by atoms with Gasteiger partial charge in [-0.25, -0.2) is 0 Å². The molecule has 3 nitrogen and oxygen atoms in total. The average Bonchev–Trinajstić information content (AvgIpc) is 2.63. The minimum absolute atomic E-state index is 0.00516. The number of thioether (sulfide) groups is 1. The topological polar surface area (TPSA) is 55.1 Å². The van der Waals surface area contributed by atoms with Crippen LogP contribution < -0.4 is 11.1 Å². The van der Waals surface area contributed by atoms with Gasteiger partial charge in [0.25, 0.3) is 0 Å². The van der Waals surface area contributed by atoms with Gasteiger partial charge in [-0.2, -0.15) is 11.8 Å². The molecule has 1 saturated heterocycles. The van der Waals surface area contributed by atoms with Crippen LogP contribution in [-0.4, -0.2) is 29.0 Å². The van der Waals surface area contributed by atoms with Crippen molar-refractivity contribution < 1.29 is 4.79 Å². The van der Waals surface area contributed by atoms with Gasteiger partial charge in [-0.05, 0) is 31.9 Å². The van der Waals surface area contributed by atoms with Gasteiger partial charge < -0.3 is 11.1 Å². The van der Waals surface area contributed by atoms with Crippen LogP contribution in [0.25, 0.3) is 0 Å². The van der Waals surface area contributed by atoms with E-state index in [1.165, 1.54) is 18.6 Å². The molecule has 88 valence electrons. The minimum Gasteiger partial charge on any atom is -0.353 e. The van der Waals surface area contributed by atoms with Crippen molar-refractivity contribution in [1.29, 1.82) is 0 Å². The summed E-state index contributed by atoms with van der Waals surface area (Å²) in [4.78, 5) is 11.6. The molecule has 1 aliphatic rings. The van der Waals surface area contributed by atoms with E-state index >= 15 is 0 Å². The molecule has 3 N–H and O–H groups in total. The first-order valence-corrected chi connectivity index (χ1v) is 6.73. The Bertz CT molecular complexity index is 215. The zero-order valence-corrected chi connectivity index (χ0v) is 10.5. The summed E-state index contributed by atoms with van der Waals surface area (Å²) in [5.74, 6) is 1.22. The van der Waals surface area contributed by atoms with E-state index in [0.29, 0.717) is 0 Å². The van der Waals surface area contributed by atoms with Crippen LogP contribution in [0.2, 0.25) is 0 Å². The van der Waals surface area contributed by atoms with E-state index in [2.05, 4.69) is 12.2 Å². The van der Waals surface area contributed by atoms with E-state index in [0.717, 1.165) is 19.4 Å². The number of carbonyl (C=O) groups is 1. The molecule has 1 rings (SSSR count). The molecule has 1 aliphatic heterocycles. The standard InChI is InChI=1S/C11H22N2OS/c1-3-5-9(12)10(14)13-8-11(2)6-4-7-15-11/h9H,3-8,12H2,1-2H3,(H,13,14)/t9-,11?/m0/s1. The second kappa shape index (κ2) is 5.75. The van der Waals surface area contributed by atoms with Crippen molar-refractivity contribution in [2.24, 2.45) is 5.73 Å². The van der Waals surface area contributed by atoms with E-state index in [1.807, 2.05) is 18.7 Å². The SMILES string of the molecule is CCC[C@H](N)C(=O)NCC1(C)CCCS1. The van der Waals surface area contributed by atoms with Crippen molar-refractivity contribution in [3.8, 4) is 0 Å². The predicted molar refractivity (Wildman–Crippen MR) is 66.0 cm³/mol. The first-order valence-electron chi connectivity index (χ1n) is 5.74. The molecular weight excluding hydrogens is 208 g/mol. The van der Waals surface area contributed by atoms with Crippen LogP contribution in [0.5, 0.6) is 0 Å². The highest BCUT2D eigenvalue weighted by Gasteiger charge is 2.30. The molecule has 0 aromatic carbocycles. The third kappa shape index (κ3) is 4.03. The fourth-order valence-corrected chi connectivity index (χ4v) is 3.07. The average molecular weight is 230 g/mol. The van der Waals surface area contributed by atoms with Crippen molar-refractivity contribution in [3.63, 3.8) is 0 Å². The summed E-state index contributed by atoms with van der Waals surface area (Å²) >= 11 is 1.96. The summed E-state index contributed by atoms with van der Waals surface area (Å²) in [5.41, 5.74) is 5.74. The lowest BCUT2D eigenvalue weighted by Crippen LogP contribution is -2.45. The predicted octanol–water partition coefficient (Wildman–Crippen LogP) is 1.52. The van der Waals surface area contributed by atoms with Crippen LogP contribution in [-0.2, 0) is 4.79 Å². The van der Waals surface area contributed by atoms with E-state index in [4.69, 9.17) is 5.73 Å².